The number of nitrogens with two attached hydrogens (primary N) is 1. The van der Waals surface area contributed by atoms with Crippen LogP contribution in [0, 0.1) is 0 Å². The number of benzene rings is 2. The molecule has 0 saturated carbocycles. The highest BCUT2D eigenvalue weighted by atomic mass is 19.4. The smallest absolute Gasteiger partial charge is 0.493 e. The quantitative estimate of drug-likeness (QED) is 0.381. The number of rotatable bonds is 9. The number of aliphatic imine (C=N–C) groups is 1. The van der Waals surface area contributed by atoms with E-state index in [4.69, 9.17) is 15.2 Å². The molecule has 0 amide bonds. The summed E-state index contributed by atoms with van der Waals surface area (Å²) in [5.74, 6) is 0.267. The fourth-order valence-corrected chi connectivity index (χ4v) is 2.26. The maximum absolute atomic E-state index is 12.5. The summed E-state index contributed by atoms with van der Waals surface area (Å²) >= 11 is 0. The Morgan fingerprint density at radius 1 is 1.11 bits per heavy atom. The number of guanidine groups is 1. The fourth-order valence-electron chi connectivity index (χ4n) is 2.26. The van der Waals surface area contributed by atoms with Crippen molar-refractivity contribution >= 4 is 11.6 Å². The highest BCUT2D eigenvalue weighted by molar-refractivity contribution is 5.93. The number of hydrogen-bond acceptors (Lipinski definition) is 4. The molecule has 2 rings (SSSR count). The van der Waals surface area contributed by atoms with E-state index >= 15 is 0 Å². The number of anilines is 1. The third-order valence-electron chi connectivity index (χ3n) is 3.47. The number of para-hydroxylation sites is 2. The lowest BCUT2D eigenvalue weighted by molar-refractivity contribution is -0.274. The maximum atomic E-state index is 12.5. The van der Waals surface area contributed by atoms with Crippen LogP contribution in [0.25, 0.3) is 0 Å². The molecule has 0 fully saturated rings. The molecule has 0 aliphatic carbocycles. The summed E-state index contributed by atoms with van der Waals surface area (Å²) in [7, 11) is 1.63. The van der Waals surface area contributed by atoms with Crippen LogP contribution in [0.1, 0.15) is 12.0 Å². The Labute approximate surface area is 161 Å². The second-order valence-electron chi connectivity index (χ2n) is 5.71. The summed E-state index contributed by atoms with van der Waals surface area (Å²) in [6.07, 6.45) is -4.03. The van der Waals surface area contributed by atoms with Gasteiger partial charge in [0.25, 0.3) is 0 Å². The van der Waals surface area contributed by atoms with E-state index in [-0.39, 0.29) is 23.9 Å². The number of hydrogen-bond donors (Lipinski definition) is 2. The Hall–Kier alpha value is -2.94. The van der Waals surface area contributed by atoms with Gasteiger partial charge in [-0.05, 0) is 29.8 Å². The van der Waals surface area contributed by atoms with Crippen molar-refractivity contribution in [1.29, 1.82) is 0 Å². The van der Waals surface area contributed by atoms with Crippen LogP contribution >= 0.6 is 0 Å². The minimum atomic E-state index is -4.80. The predicted octanol–water partition coefficient (Wildman–Crippen LogP) is 3.93. The molecule has 2 aromatic carbocycles. The second kappa shape index (κ2) is 10.4. The van der Waals surface area contributed by atoms with Gasteiger partial charge in [0, 0.05) is 20.1 Å². The van der Waals surface area contributed by atoms with Crippen molar-refractivity contribution in [2.24, 2.45) is 10.7 Å². The van der Waals surface area contributed by atoms with Crippen LogP contribution in [0.2, 0.25) is 0 Å². The summed E-state index contributed by atoms with van der Waals surface area (Å²) in [5.41, 5.74) is 6.70. The topological polar surface area (TPSA) is 78.1 Å². The minimum absolute atomic E-state index is 0.0374. The normalized spacial score (nSPS) is 11.9. The van der Waals surface area contributed by atoms with E-state index in [2.05, 4.69) is 15.0 Å². The van der Waals surface area contributed by atoms with Gasteiger partial charge in [-0.25, -0.2) is 4.99 Å². The lowest BCUT2D eigenvalue weighted by Gasteiger charge is -2.14. The van der Waals surface area contributed by atoms with Crippen molar-refractivity contribution in [3.05, 3.63) is 54.1 Å². The molecular formula is C19H22F3N3O3. The maximum Gasteiger partial charge on any atom is 0.573 e. The van der Waals surface area contributed by atoms with Crippen LogP contribution < -0.4 is 20.5 Å². The first kappa shape index (κ1) is 21.4. The fraction of sp³-hybridized carbons (Fsp3) is 0.316. The summed E-state index contributed by atoms with van der Waals surface area (Å²) in [6, 6.07) is 12.9. The van der Waals surface area contributed by atoms with E-state index in [1.54, 1.807) is 13.2 Å². The number of alkyl halides is 3. The first-order valence-electron chi connectivity index (χ1n) is 8.50. The van der Waals surface area contributed by atoms with Gasteiger partial charge < -0.3 is 25.3 Å². The van der Waals surface area contributed by atoms with Gasteiger partial charge >= 0.3 is 6.36 Å². The van der Waals surface area contributed by atoms with Gasteiger partial charge in [-0.15, -0.1) is 13.2 Å². The van der Waals surface area contributed by atoms with Crippen molar-refractivity contribution < 1.29 is 27.4 Å². The standard InChI is InChI=1S/C19H22F3N3O3/c1-26-10-5-11-27-15-7-4-6-14(12-15)13-24-18(23)25-16-8-2-3-9-17(16)28-19(20,21)22/h2-4,6-9,12H,5,10-11,13H2,1H3,(H3,23,24,25). The molecule has 0 unspecified atom stereocenters. The van der Waals surface area contributed by atoms with Gasteiger partial charge in [-0.1, -0.05) is 24.3 Å². The highest BCUT2D eigenvalue weighted by Crippen LogP contribution is 2.29. The van der Waals surface area contributed by atoms with Gasteiger partial charge in [-0.2, -0.15) is 0 Å². The Morgan fingerprint density at radius 3 is 2.64 bits per heavy atom. The Morgan fingerprint density at radius 2 is 1.89 bits per heavy atom. The zero-order valence-electron chi connectivity index (χ0n) is 15.3. The lowest BCUT2D eigenvalue weighted by atomic mass is 10.2. The zero-order valence-corrected chi connectivity index (χ0v) is 15.3. The molecule has 2 aromatic rings. The number of nitrogens with one attached hydrogen (secondary N) is 1. The van der Waals surface area contributed by atoms with Crippen molar-refractivity contribution in [3.63, 3.8) is 0 Å². The molecule has 0 atom stereocenters. The van der Waals surface area contributed by atoms with Crippen LogP contribution in [-0.2, 0) is 11.3 Å². The Balaban J connectivity index is 1.96. The average Bonchev–Trinajstić information content (AvgIpc) is 2.64. The summed E-state index contributed by atoms with van der Waals surface area (Å²) < 4.78 is 51.9. The van der Waals surface area contributed by atoms with E-state index < -0.39 is 6.36 Å². The first-order valence-corrected chi connectivity index (χ1v) is 8.50. The first-order chi connectivity index (χ1) is 13.4. The molecule has 0 spiro atoms. The minimum Gasteiger partial charge on any atom is -0.493 e. The van der Waals surface area contributed by atoms with Crippen LogP contribution in [0.5, 0.6) is 11.5 Å². The SMILES string of the molecule is COCCCOc1cccc(CN=C(N)Nc2ccccc2OC(F)(F)F)c1. The molecule has 6 nitrogen and oxygen atoms in total. The predicted molar refractivity (Wildman–Crippen MR) is 101 cm³/mol. The van der Waals surface area contributed by atoms with E-state index in [9.17, 15) is 13.2 Å². The number of methoxy groups -OCH3 is 1. The molecule has 9 heteroatoms. The largest absolute Gasteiger partial charge is 0.573 e. The molecule has 0 aliphatic rings. The molecular weight excluding hydrogens is 375 g/mol. The molecule has 0 radical (unpaired) electrons. The van der Waals surface area contributed by atoms with Crippen LogP contribution in [0.15, 0.2) is 53.5 Å². The van der Waals surface area contributed by atoms with Crippen LogP contribution in [0.3, 0.4) is 0 Å². The van der Waals surface area contributed by atoms with Gasteiger partial charge in [0.15, 0.2) is 11.7 Å². The number of ether oxygens (including phenoxy) is 3. The van der Waals surface area contributed by atoms with Crippen molar-refractivity contribution in [2.75, 3.05) is 25.6 Å². The van der Waals surface area contributed by atoms with Crippen LogP contribution in [-0.4, -0.2) is 32.6 Å². The van der Waals surface area contributed by atoms with E-state index in [1.165, 1.54) is 18.2 Å². The molecule has 0 saturated heterocycles. The van der Waals surface area contributed by atoms with E-state index in [1.807, 2.05) is 24.3 Å². The molecule has 152 valence electrons. The van der Waals surface area contributed by atoms with E-state index in [0.29, 0.717) is 19.0 Å². The van der Waals surface area contributed by atoms with Gasteiger partial charge in [0.2, 0.25) is 0 Å². The Bertz CT molecular complexity index is 782. The summed E-state index contributed by atoms with van der Waals surface area (Å²) in [5, 5.41) is 2.62. The lowest BCUT2D eigenvalue weighted by Crippen LogP contribution is -2.24. The van der Waals surface area contributed by atoms with Crippen molar-refractivity contribution in [1.82, 2.24) is 0 Å². The highest BCUT2D eigenvalue weighted by Gasteiger charge is 2.32. The van der Waals surface area contributed by atoms with Crippen molar-refractivity contribution in [2.45, 2.75) is 19.3 Å². The average molecular weight is 397 g/mol. The number of nitrogens with zero attached hydrogens (tertiary/aromatic N) is 1. The van der Waals surface area contributed by atoms with E-state index in [0.717, 1.165) is 12.0 Å². The van der Waals surface area contributed by atoms with Crippen LogP contribution in [0.4, 0.5) is 18.9 Å². The molecule has 0 bridgehead atoms. The third-order valence-corrected chi connectivity index (χ3v) is 3.47. The molecule has 0 heterocycles. The Kier molecular flexibility index (Phi) is 7.94. The zero-order chi connectivity index (χ0) is 20.4. The van der Waals surface area contributed by atoms with Gasteiger partial charge in [0.05, 0.1) is 18.8 Å². The van der Waals surface area contributed by atoms with Gasteiger partial charge in [-0.3, -0.25) is 0 Å². The molecule has 0 aromatic heterocycles. The molecule has 28 heavy (non-hydrogen) atoms. The molecule has 0 aliphatic heterocycles. The molecule has 3 N–H and O–H groups in total. The van der Waals surface area contributed by atoms with Crippen molar-refractivity contribution in [3.8, 4) is 11.5 Å². The van der Waals surface area contributed by atoms with Gasteiger partial charge in [0.1, 0.15) is 5.75 Å². The summed E-state index contributed by atoms with van der Waals surface area (Å²) in [4.78, 5) is 4.15. The number of halogens is 3. The second-order valence-corrected chi connectivity index (χ2v) is 5.71. The monoisotopic (exact) mass is 397 g/mol. The third kappa shape index (κ3) is 7.75. The summed E-state index contributed by atoms with van der Waals surface area (Å²) in [6.45, 7) is 1.38.